The van der Waals surface area contributed by atoms with Gasteiger partial charge in [-0.05, 0) is 27.8 Å². The van der Waals surface area contributed by atoms with Gasteiger partial charge in [-0.25, -0.2) is 4.98 Å². The molecule has 20 heavy (non-hydrogen) atoms. The third kappa shape index (κ3) is 5.20. The third-order valence-corrected chi connectivity index (χ3v) is 4.42. The van der Waals surface area contributed by atoms with E-state index >= 15 is 0 Å². The molecule has 118 valence electrons. The highest BCUT2D eigenvalue weighted by atomic mass is 35.5. The molecule has 4 nitrogen and oxygen atoms in total. The van der Waals surface area contributed by atoms with Gasteiger partial charge in [0.2, 0.25) is 5.91 Å². The molecule has 1 amide bonds. The second-order valence-electron chi connectivity index (χ2n) is 4.77. The Hall–Kier alpha value is -0.360. The predicted octanol–water partition coefficient (Wildman–Crippen LogP) is 2.98. The van der Waals surface area contributed by atoms with Crippen LogP contribution in [-0.4, -0.2) is 36.4 Å². The molecule has 0 aliphatic heterocycles. The van der Waals surface area contributed by atoms with Crippen LogP contribution in [0.25, 0.3) is 0 Å². The zero-order valence-electron chi connectivity index (χ0n) is 12.9. The van der Waals surface area contributed by atoms with Crippen molar-refractivity contribution in [2.24, 2.45) is 5.92 Å². The van der Waals surface area contributed by atoms with Gasteiger partial charge >= 0.3 is 0 Å². The molecule has 0 fully saturated rings. The molecule has 0 bridgehead atoms. The van der Waals surface area contributed by atoms with Gasteiger partial charge in [0.05, 0.1) is 16.7 Å². The van der Waals surface area contributed by atoms with Gasteiger partial charge in [0.15, 0.2) is 0 Å². The van der Waals surface area contributed by atoms with Crippen LogP contribution in [0, 0.1) is 19.8 Å². The lowest BCUT2D eigenvalue weighted by Crippen LogP contribution is -2.37. The first-order valence-corrected chi connectivity index (χ1v) is 7.05. The number of halogens is 2. The van der Waals surface area contributed by atoms with Crippen LogP contribution in [0.15, 0.2) is 0 Å². The quantitative estimate of drug-likeness (QED) is 0.895. The van der Waals surface area contributed by atoms with Crippen LogP contribution >= 0.6 is 36.2 Å². The fourth-order valence-corrected chi connectivity index (χ4v) is 3.07. The maximum Gasteiger partial charge on any atom is 0.226 e. The van der Waals surface area contributed by atoms with E-state index in [1.54, 1.807) is 11.3 Å². The van der Waals surface area contributed by atoms with E-state index in [0.717, 1.165) is 10.7 Å². The van der Waals surface area contributed by atoms with E-state index in [1.807, 2.05) is 39.8 Å². The Balaban J connectivity index is 0. The van der Waals surface area contributed by atoms with Gasteiger partial charge in [-0.15, -0.1) is 36.2 Å². The molecule has 0 saturated carbocycles. The van der Waals surface area contributed by atoms with E-state index in [0.29, 0.717) is 6.54 Å². The summed E-state index contributed by atoms with van der Waals surface area (Å²) in [5.41, 5.74) is 1.03. The van der Waals surface area contributed by atoms with Gasteiger partial charge in [-0.3, -0.25) is 4.79 Å². The zero-order chi connectivity index (χ0) is 13.9. The van der Waals surface area contributed by atoms with E-state index in [4.69, 9.17) is 0 Å². The van der Waals surface area contributed by atoms with Gasteiger partial charge in [-0.2, -0.15) is 0 Å². The fourth-order valence-electron chi connectivity index (χ4n) is 2.04. The lowest BCUT2D eigenvalue weighted by Gasteiger charge is -2.27. The summed E-state index contributed by atoms with van der Waals surface area (Å²) >= 11 is 1.67. The molecule has 0 aliphatic carbocycles. The molecule has 1 aromatic rings. The highest BCUT2D eigenvalue weighted by Gasteiger charge is 2.24. The topological polar surface area (TPSA) is 45.2 Å². The Morgan fingerprint density at radius 2 is 1.90 bits per heavy atom. The smallest absolute Gasteiger partial charge is 0.226 e. The Kier molecular flexibility index (Phi) is 10.5. The van der Waals surface area contributed by atoms with Crippen molar-refractivity contribution in [1.29, 1.82) is 0 Å². The van der Waals surface area contributed by atoms with Gasteiger partial charge < -0.3 is 10.2 Å². The molecule has 0 aliphatic rings. The van der Waals surface area contributed by atoms with Crippen molar-refractivity contribution in [3.63, 3.8) is 0 Å². The minimum absolute atomic E-state index is 0. The lowest BCUT2D eigenvalue weighted by atomic mass is 10.1. The van der Waals surface area contributed by atoms with E-state index in [2.05, 4.69) is 17.2 Å². The molecule has 1 N–H and O–H groups in total. The third-order valence-electron chi connectivity index (χ3n) is 3.18. The van der Waals surface area contributed by atoms with Crippen molar-refractivity contribution in [2.75, 3.05) is 20.6 Å². The van der Waals surface area contributed by atoms with Gasteiger partial charge in [0.1, 0.15) is 0 Å². The van der Waals surface area contributed by atoms with E-state index in [1.165, 1.54) is 4.88 Å². The molecule has 7 heteroatoms. The van der Waals surface area contributed by atoms with Crippen LogP contribution in [0.4, 0.5) is 0 Å². The van der Waals surface area contributed by atoms with Crippen molar-refractivity contribution < 1.29 is 4.79 Å². The number of amides is 1. The normalized spacial score (nSPS) is 12.9. The van der Waals surface area contributed by atoms with Crippen molar-refractivity contribution in [3.8, 4) is 0 Å². The standard InChI is InChI=1S/C13H23N3OS.2ClH/c1-8(7-14-5)13(17)16(6)10(3)12-9(2)15-11(4)18-12;;/h8,10,14H,7H2,1-6H3;2*1H. The maximum absolute atomic E-state index is 12.2. The second-order valence-corrected chi connectivity index (χ2v) is 6.00. The summed E-state index contributed by atoms with van der Waals surface area (Å²) in [5.74, 6) is 0.166. The Morgan fingerprint density at radius 3 is 2.30 bits per heavy atom. The zero-order valence-corrected chi connectivity index (χ0v) is 15.3. The SMILES string of the molecule is CNCC(C)C(=O)N(C)C(C)c1sc(C)nc1C.Cl.Cl. The summed E-state index contributed by atoms with van der Waals surface area (Å²) in [6, 6.07) is 0.0861. The highest BCUT2D eigenvalue weighted by Crippen LogP contribution is 2.28. The molecule has 0 saturated heterocycles. The van der Waals surface area contributed by atoms with Crippen LogP contribution in [0.2, 0.25) is 0 Å². The number of thiazole rings is 1. The molecular weight excluding hydrogens is 317 g/mol. The van der Waals surface area contributed by atoms with Crippen molar-refractivity contribution >= 4 is 42.1 Å². The first-order valence-electron chi connectivity index (χ1n) is 6.23. The number of hydrogen-bond donors (Lipinski definition) is 1. The van der Waals surface area contributed by atoms with Crippen molar-refractivity contribution in [1.82, 2.24) is 15.2 Å². The van der Waals surface area contributed by atoms with Crippen LogP contribution in [0.5, 0.6) is 0 Å². The van der Waals surface area contributed by atoms with Crippen LogP contribution in [-0.2, 0) is 4.79 Å². The molecule has 1 rings (SSSR count). The van der Waals surface area contributed by atoms with Gasteiger partial charge in [0.25, 0.3) is 0 Å². The molecule has 0 aromatic carbocycles. The highest BCUT2D eigenvalue weighted by molar-refractivity contribution is 7.11. The largest absolute Gasteiger partial charge is 0.338 e. The molecular formula is C13H25Cl2N3OS. The summed E-state index contributed by atoms with van der Waals surface area (Å²) < 4.78 is 0. The minimum Gasteiger partial charge on any atom is -0.338 e. The number of aromatic nitrogens is 1. The van der Waals surface area contributed by atoms with Crippen molar-refractivity contribution in [2.45, 2.75) is 33.7 Å². The number of nitrogens with zero attached hydrogens (tertiary/aromatic N) is 2. The molecule has 0 radical (unpaired) electrons. The number of aryl methyl sites for hydroxylation is 2. The lowest BCUT2D eigenvalue weighted by molar-refractivity contribution is -0.135. The maximum atomic E-state index is 12.2. The Labute approximate surface area is 138 Å². The Bertz CT molecular complexity index is 426. The van der Waals surface area contributed by atoms with E-state index in [-0.39, 0.29) is 42.7 Å². The summed E-state index contributed by atoms with van der Waals surface area (Å²) in [6.45, 7) is 8.72. The molecule has 1 aromatic heterocycles. The van der Waals surface area contributed by atoms with Crippen LogP contribution in [0.3, 0.4) is 0 Å². The number of carbonyl (C=O) groups excluding carboxylic acids is 1. The first kappa shape index (κ1) is 21.9. The van der Waals surface area contributed by atoms with Crippen LogP contribution in [0.1, 0.15) is 35.5 Å². The van der Waals surface area contributed by atoms with Crippen LogP contribution < -0.4 is 5.32 Å². The number of rotatable bonds is 5. The monoisotopic (exact) mass is 341 g/mol. The average molecular weight is 342 g/mol. The molecule has 1 heterocycles. The minimum atomic E-state index is -0.00299. The molecule has 2 atom stereocenters. The van der Waals surface area contributed by atoms with Gasteiger partial charge in [-0.1, -0.05) is 6.92 Å². The number of hydrogen-bond acceptors (Lipinski definition) is 4. The first-order chi connectivity index (χ1) is 8.38. The number of carbonyl (C=O) groups is 1. The summed E-state index contributed by atoms with van der Waals surface area (Å²) in [5, 5.41) is 4.09. The molecule has 0 spiro atoms. The van der Waals surface area contributed by atoms with E-state index < -0.39 is 0 Å². The van der Waals surface area contributed by atoms with Gasteiger partial charge in [0, 0.05) is 24.4 Å². The van der Waals surface area contributed by atoms with Crippen molar-refractivity contribution in [3.05, 3.63) is 15.6 Å². The fraction of sp³-hybridized carbons (Fsp3) is 0.692. The second kappa shape index (κ2) is 9.55. The summed E-state index contributed by atoms with van der Waals surface area (Å²) in [4.78, 5) is 19.7. The summed E-state index contributed by atoms with van der Waals surface area (Å²) in [6.07, 6.45) is 0. The molecule has 2 unspecified atom stereocenters. The Morgan fingerprint density at radius 1 is 1.35 bits per heavy atom. The predicted molar refractivity (Wildman–Crippen MR) is 90.4 cm³/mol. The average Bonchev–Trinajstić information content (AvgIpc) is 2.66. The number of nitrogens with one attached hydrogen (secondary N) is 1. The summed E-state index contributed by atoms with van der Waals surface area (Å²) in [7, 11) is 3.73. The van der Waals surface area contributed by atoms with E-state index in [9.17, 15) is 4.79 Å².